The van der Waals surface area contributed by atoms with Gasteiger partial charge in [-0.05, 0) is 31.2 Å². The number of hydrogen-bond acceptors (Lipinski definition) is 6. The number of thiazole rings is 1. The van der Waals surface area contributed by atoms with Gasteiger partial charge in [0.05, 0.1) is 11.3 Å². The Kier molecular flexibility index (Phi) is 6.27. The van der Waals surface area contributed by atoms with Crippen molar-refractivity contribution in [3.8, 4) is 5.75 Å². The van der Waals surface area contributed by atoms with Crippen molar-refractivity contribution in [2.24, 2.45) is 0 Å². The molecule has 2 heterocycles. The SMILES string of the molecule is CCOc1cccc2sc(N3CCN(CCNC(=O)c4ccccc4)CC3)nc12. The lowest BCUT2D eigenvalue weighted by atomic mass is 10.2. The van der Waals surface area contributed by atoms with E-state index in [0.29, 0.717) is 18.7 Å². The molecule has 1 saturated heterocycles. The highest BCUT2D eigenvalue weighted by Crippen LogP contribution is 2.34. The average Bonchev–Trinajstić information content (AvgIpc) is 3.20. The van der Waals surface area contributed by atoms with Crippen LogP contribution in [0.25, 0.3) is 10.2 Å². The van der Waals surface area contributed by atoms with Crippen molar-refractivity contribution in [3.05, 3.63) is 54.1 Å². The van der Waals surface area contributed by atoms with E-state index in [1.807, 2.05) is 49.4 Å². The van der Waals surface area contributed by atoms with Crippen LogP contribution in [0, 0.1) is 0 Å². The zero-order chi connectivity index (χ0) is 20.1. The third kappa shape index (κ3) is 4.68. The Bertz CT molecular complexity index is 952. The van der Waals surface area contributed by atoms with Crippen molar-refractivity contribution in [1.82, 2.24) is 15.2 Å². The Morgan fingerprint density at radius 1 is 1.10 bits per heavy atom. The lowest BCUT2D eigenvalue weighted by molar-refractivity contribution is 0.0948. The number of benzene rings is 2. The highest BCUT2D eigenvalue weighted by molar-refractivity contribution is 7.22. The van der Waals surface area contributed by atoms with Gasteiger partial charge in [-0.1, -0.05) is 35.6 Å². The molecule has 0 spiro atoms. The molecular formula is C22H26N4O2S. The quantitative estimate of drug-likeness (QED) is 0.648. The van der Waals surface area contributed by atoms with Crippen LogP contribution < -0.4 is 15.0 Å². The van der Waals surface area contributed by atoms with Crippen LogP contribution in [0.1, 0.15) is 17.3 Å². The number of nitrogens with zero attached hydrogens (tertiary/aromatic N) is 3. The van der Waals surface area contributed by atoms with Crippen molar-refractivity contribution in [1.29, 1.82) is 0 Å². The summed E-state index contributed by atoms with van der Waals surface area (Å²) in [6.07, 6.45) is 0. The summed E-state index contributed by atoms with van der Waals surface area (Å²) in [5, 5.41) is 4.07. The van der Waals surface area contributed by atoms with Crippen LogP contribution in [0.15, 0.2) is 48.5 Å². The van der Waals surface area contributed by atoms with Crippen molar-refractivity contribution in [3.63, 3.8) is 0 Å². The third-order valence-corrected chi connectivity index (χ3v) is 6.14. The number of rotatable bonds is 7. The maximum atomic E-state index is 12.1. The van der Waals surface area contributed by atoms with Gasteiger partial charge in [-0.15, -0.1) is 0 Å². The van der Waals surface area contributed by atoms with Crippen molar-refractivity contribution in [2.45, 2.75) is 6.92 Å². The van der Waals surface area contributed by atoms with Gasteiger partial charge in [0, 0.05) is 44.8 Å². The molecule has 1 aliphatic heterocycles. The number of amides is 1. The van der Waals surface area contributed by atoms with E-state index in [1.54, 1.807) is 11.3 Å². The number of carbonyl (C=O) groups is 1. The molecule has 2 aromatic carbocycles. The van der Waals surface area contributed by atoms with Gasteiger partial charge in [-0.25, -0.2) is 4.98 Å². The summed E-state index contributed by atoms with van der Waals surface area (Å²) >= 11 is 1.72. The molecular weight excluding hydrogens is 384 g/mol. The predicted molar refractivity (Wildman–Crippen MR) is 118 cm³/mol. The highest BCUT2D eigenvalue weighted by atomic mass is 32.1. The van der Waals surface area contributed by atoms with Gasteiger partial charge in [0.25, 0.3) is 5.91 Å². The monoisotopic (exact) mass is 410 g/mol. The molecule has 6 nitrogen and oxygen atoms in total. The summed E-state index contributed by atoms with van der Waals surface area (Å²) in [7, 11) is 0. The number of piperazine rings is 1. The zero-order valence-corrected chi connectivity index (χ0v) is 17.5. The summed E-state index contributed by atoms with van der Waals surface area (Å²) in [6.45, 7) is 7.98. The first-order valence-corrected chi connectivity index (χ1v) is 10.9. The number of carbonyl (C=O) groups excluding carboxylic acids is 1. The molecule has 3 aromatic rings. The van der Waals surface area contributed by atoms with Gasteiger partial charge in [-0.3, -0.25) is 9.69 Å². The van der Waals surface area contributed by atoms with Gasteiger partial charge < -0.3 is 15.0 Å². The van der Waals surface area contributed by atoms with Crippen molar-refractivity contribution < 1.29 is 9.53 Å². The fourth-order valence-corrected chi connectivity index (χ4v) is 4.54. The van der Waals surface area contributed by atoms with Gasteiger partial charge in [0.2, 0.25) is 0 Å². The topological polar surface area (TPSA) is 57.7 Å². The van der Waals surface area contributed by atoms with Gasteiger partial charge in [-0.2, -0.15) is 0 Å². The molecule has 1 amide bonds. The molecule has 0 saturated carbocycles. The second-order valence-corrected chi connectivity index (χ2v) is 7.99. The van der Waals surface area contributed by atoms with E-state index >= 15 is 0 Å². The summed E-state index contributed by atoms with van der Waals surface area (Å²) in [5.41, 5.74) is 1.67. The van der Waals surface area contributed by atoms with Crippen LogP contribution in [-0.2, 0) is 0 Å². The number of nitrogens with one attached hydrogen (secondary N) is 1. The van der Waals surface area contributed by atoms with E-state index in [1.165, 1.54) is 0 Å². The number of hydrogen-bond donors (Lipinski definition) is 1. The molecule has 1 fully saturated rings. The minimum absolute atomic E-state index is 0.0104. The van der Waals surface area contributed by atoms with Crippen LogP contribution >= 0.6 is 11.3 Å². The molecule has 152 valence electrons. The van der Waals surface area contributed by atoms with Crippen LogP contribution in [0.5, 0.6) is 5.75 Å². The van der Waals surface area contributed by atoms with Crippen LogP contribution in [0.3, 0.4) is 0 Å². The van der Waals surface area contributed by atoms with E-state index in [-0.39, 0.29) is 5.91 Å². The van der Waals surface area contributed by atoms with Crippen LogP contribution in [0.2, 0.25) is 0 Å². The normalized spacial score (nSPS) is 14.9. The Labute approximate surface area is 175 Å². The first-order valence-electron chi connectivity index (χ1n) is 10.1. The fraction of sp³-hybridized carbons (Fsp3) is 0.364. The highest BCUT2D eigenvalue weighted by Gasteiger charge is 2.20. The van der Waals surface area contributed by atoms with Crippen molar-refractivity contribution in [2.75, 3.05) is 50.8 Å². The largest absolute Gasteiger partial charge is 0.492 e. The molecule has 4 rings (SSSR count). The summed E-state index contributed by atoms with van der Waals surface area (Å²) in [4.78, 5) is 21.7. The summed E-state index contributed by atoms with van der Waals surface area (Å²) in [5.74, 6) is 0.851. The molecule has 0 bridgehead atoms. The Balaban J connectivity index is 1.28. The van der Waals surface area contributed by atoms with E-state index in [0.717, 1.165) is 53.8 Å². The van der Waals surface area contributed by atoms with Gasteiger partial charge in [0.1, 0.15) is 11.3 Å². The summed E-state index contributed by atoms with van der Waals surface area (Å²) in [6, 6.07) is 15.5. The number of anilines is 1. The first kappa shape index (κ1) is 19.7. The van der Waals surface area contributed by atoms with E-state index in [4.69, 9.17) is 9.72 Å². The van der Waals surface area contributed by atoms with Gasteiger partial charge >= 0.3 is 0 Å². The van der Waals surface area contributed by atoms with E-state index in [2.05, 4.69) is 21.2 Å². The first-order chi connectivity index (χ1) is 14.2. The molecule has 0 radical (unpaired) electrons. The molecule has 1 aliphatic rings. The van der Waals surface area contributed by atoms with Gasteiger partial charge in [0.15, 0.2) is 5.13 Å². The summed E-state index contributed by atoms with van der Waals surface area (Å²) < 4.78 is 6.88. The predicted octanol–water partition coefficient (Wildman–Crippen LogP) is 3.25. The lowest BCUT2D eigenvalue weighted by Crippen LogP contribution is -2.48. The minimum atomic E-state index is -0.0104. The van der Waals surface area contributed by atoms with E-state index in [9.17, 15) is 4.79 Å². The smallest absolute Gasteiger partial charge is 0.251 e. The maximum absolute atomic E-state index is 12.1. The Hall–Kier alpha value is -2.64. The number of fused-ring (bicyclic) bond motifs is 1. The van der Waals surface area contributed by atoms with Crippen molar-refractivity contribution >= 4 is 32.6 Å². The molecule has 0 aliphatic carbocycles. The second kappa shape index (κ2) is 9.24. The van der Waals surface area contributed by atoms with Crippen LogP contribution in [0.4, 0.5) is 5.13 Å². The van der Waals surface area contributed by atoms with E-state index < -0.39 is 0 Å². The third-order valence-electron chi connectivity index (χ3n) is 5.06. The average molecular weight is 411 g/mol. The molecule has 29 heavy (non-hydrogen) atoms. The molecule has 1 N–H and O–H groups in total. The zero-order valence-electron chi connectivity index (χ0n) is 16.6. The standard InChI is InChI=1S/C22H26N4O2S/c1-2-28-18-9-6-10-19-20(18)24-22(29-19)26-15-13-25(14-16-26)12-11-23-21(27)17-7-4-3-5-8-17/h3-10H,2,11-16H2,1H3,(H,23,27). The van der Waals surface area contributed by atoms with Crippen LogP contribution in [-0.4, -0.2) is 61.7 Å². The molecule has 1 aromatic heterocycles. The fourth-order valence-electron chi connectivity index (χ4n) is 3.50. The maximum Gasteiger partial charge on any atom is 0.251 e. The minimum Gasteiger partial charge on any atom is -0.492 e. The number of aromatic nitrogens is 1. The molecule has 0 atom stereocenters. The molecule has 7 heteroatoms. The Morgan fingerprint density at radius 2 is 1.90 bits per heavy atom. The number of para-hydroxylation sites is 1. The molecule has 0 unspecified atom stereocenters. The lowest BCUT2D eigenvalue weighted by Gasteiger charge is -2.34. The second-order valence-electron chi connectivity index (χ2n) is 6.98. The Morgan fingerprint density at radius 3 is 2.66 bits per heavy atom. The number of ether oxygens (including phenoxy) is 1.